The molecule has 6 nitrogen and oxygen atoms in total. The zero-order valence-corrected chi connectivity index (χ0v) is 19.0. The van der Waals surface area contributed by atoms with Gasteiger partial charge in [-0.15, -0.1) is 10.2 Å². The third kappa shape index (κ3) is 3.41. The fourth-order valence-electron chi connectivity index (χ4n) is 5.16. The summed E-state index contributed by atoms with van der Waals surface area (Å²) in [6.45, 7) is 9.92. The zero-order valence-electron chi connectivity index (χ0n) is 19.0. The second kappa shape index (κ2) is 6.97. The van der Waals surface area contributed by atoms with Crippen molar-refractivity contribution in [3.05, 3.63) is 48.3 Å². The van der Waals surface area contributed by atoms with Crippen LogP contribution in [-0.2, 0) is 0 Å². The van der Waals surface area contributed by atoms with E-state index in [1.165, 1.54) is 0 Å². The van der Waals surface area contributed by atoms with E-state index in [1.54, 1.807) is 6.07 Å². The van der Waals surface area contributed by atoms with Gasteiger partial charge >= 0.3 is 0 Å². The second-order valence-electron chi connectivity index (χ2n) is 10.2. The average molecular weight is 434 g/mol. The Balaban J connectivity index is 1.57. The van der Waals surface area contributed by atoms with Crippen LogP contribution in [0, 0.1) is 6.92 Å². The highest BCUT2D eigenvalue weighted by atomic mass is 19.1. The maximum absolute atomic E-state index is 15.5. The van der Waals surface area contributed by atoms with E-state index in [9.17, 15) is 5.11 Å². The number of hydrogen-bond acceptors (Lipinski definition) is 5. The lowest BCUT2D eigenvalue weighted by Gasteiger charge is -2.49. The van der Waals surface area contributed by atoms with Gasteiger partial charge in [-0.1, -0.05) is 6.07 Å². The highest BCUT2D eigenvalue weighted by molar-refractivity contribution is 5.89. The largest absolute Gasteiger partial charge is 0.507 e. The van der Waals surface area contributed by atoms with Gasteiger partial charge < -0.3 is 15.0 Å². The van der Waals surface area contributed by atoms with Gasteiger partial charge in [0.05, 0.1) is 17.3 Å². The van der Waals surface area contributed by atoms with Crippen LogP contribution in [0.1, 0.15) is 45.9 Å². The number of nitrogens with zero attached hydrogens (tertiary/aromatic N) is 4. The van der Waals surface area contributed by atoms with Gasteiger partial charge in [0.15, 0.2) is 5.65 Å². The molecule has 1 saturated heterocycles. The highest BCUT2D eigenvalue weighted by Gasteiger charge is 2.47. The Morgan fingerprint density at radius 3 is 2.62 bits per heavy atom. The minimum atomic E-state index is -1.08. The molecule has 4 heterocycles. The third-order valence-corrected chi connectivity index (χ3v) is 6.45. The minimum absolute atomic E-state index is 0.106. The number of aromatic hydroxyl groups is 1. The SMILES string of the molecule is Cc1ccc2cc(-c3cc4ccn([C@H]5CC(C)(C)NC(C)(C)[C@H]5F)c4nn3)c(O)cc2n1. The molecule has 5 rings (SSSR count). The highest BCUT2D eigenvalue weighted by Crippen LogP contribution is 2.40. The van der Waals surface area contributed by atoms with Gasteiger partial charge in [0.25, 0.3) is 0 Å². The molecule has 2 atom stereocenters. The monoisotopic (exact) mass is 433 g/mol. The van der Waals surface area contributed by atoms with Crippen molar-refractivity contribution in [2.75, 3.05) is 0 Å². The predicted molar refractivity (Wildman–Crippen MR) is 125 cm³/mol. The maximum atomic E-state index is 15.5. The molecule has 0 aliphatic carbocycles. The summed E-state index contributed by atoms with van der Waals surface area (Å²) < 4.78 is 17.4. The van der Waals surface area contributed by atoms with Crippen LogP contribution in [-0.4, -0.2) is 42.1 Å². The molecule has 0 spiro atoms. The fourth-order valence-corrected chi connectivity index (χ4v) is 5.16. The normalized spacial score (nSPS) is 22.4. The molecule has 1 aliphatic rings. The lowest BCUT2D eigenvalue weighted by molar-refractivity contribution is 0.0313. The Kier molecular flexibility index (Phi) is 4.53. The molecule has 1 aromatic carbocycles. The Morgan fingerprint density at radius 1 is 1.06 bits per heavy atom. The number of fused-ring (bicyclic) bond motifs is 2. The topological polar surface area (TPSA) is 75.9 Å². The van der Waals surface area contributed by atoms with Crippen molar-refractivity contribution in [2.24, 2.45) is 0 Å². The van der Waals surface area contributed by atoms with Crippen molar-refractivity contribution in [2.45, 2.75) is 64.3 Å². The first-order valence-electron chi connectivity index (χ1n) is 10.9. The van der Waals surface area contributed by atoms with Crippen LogP contribution in [0.15, 0.2) is 42.6 Å². The third-order valence-electron chi connectivity index (χ3n) is 6.45. The van der Waals surface area contributed by atoms with Crippen LogP contribution in [0.5, 0.6) is 5.75 Å². The Morgan fingerprint density at radius 2 is 1.84 bits per heavy atom. The van der Waals surface area contributed by atoms with E-state index in [2.05, 4.69) is 34.3 Å². The van der Waals surface area contributed by atoms with Gasteiger partial charge in [0, 0.05) is 45.4 Å². The molecule has 4 aromatic rings. The number of alkyl halides is 1. The molecule has 3 aromatic heterocycles. The number of nitrogens with one attached hydrogen (secondary N) is 1. The molecule has 7 heteroatoms. The van der Waals surface area contributed by atoms with Crippen molar-refractivity contribution in [1.82, 2.24) is 25.1 Å². The van der Waals surface area contributed by atoms with E-state index >= 15 is 4.39 Å². The number of halogens is 1. The predicted octanol–water partition coefficient (Wildman–Crippen LogP) is 5.09. The van der Waals surface area contributed by atoms with Crippen LogP contribution in [0.25, 0.3) is 33.2 Å². The number of rotatable bonds is 2. The van der Waals surface area contributed by atoms with Crippen LogP contribution >= 0.6 is 0 Å². The summed E-state index contributed by atoms with van der Waals surface area (Å²) in [5.41, 5.74) is 2.58. The second-order valence-corrected chi connectivity index (χ2v) is 10.2. The van der Waals surface area contributed by atoms with Crippen LogP contribution < -0.4 is 5.32 Å². The molecule has 0 unspecified atom stereocenters. The van der Waals surface area contributed by atoms with Crippen molar-refractivity contribution < 1.29 is 9.50 Å². The summed E-state index contributed by atoms with van der Waals surface area (Å²) in [7, 11) is 0. The van der Waals surface area contributed by atoms with Gasteiger partial charge in [-0.2, -0.15) is 0 Å². The maximum Gasteiger partial charge on any atom is 0.162 e. The summed E-state index contributed by atoms with van der Waals surface area (Å²) in [5, 5.41) is 24.7. The molecule has 1 aliphatic heterocycles. The van der Waals surface area contributed by atoms with E-state index in [-0.39, 0.29) is 17.3 Å². The summed E-state index contributed by atoms with van der Waals surface area (Å²) in [6.07, 6.45) is 1.46. The van der Waals surface area contributed by atoms with Gasteiger partial charge in [-0.25, -0.2) is 4.39 Å². The fraction of sp³-hybridized carbons (Fsp3) is 0.400. The van der Waals surface area contributed by atoms with Crippen molar-refractivity contribution in [3.63, 3.8) is 0 Å². The Hall–Kier alpha value is -3.06. The quantitative estimate of drug-likeness (QED) is 0.461. The van der Waals surface area contributed by atoms with E-state index < -0.39 is 11.7 Å². The van der Waals surface area contributed by atoms with Gasteiger partial charge in [0.2, 0.25) is 0 Å². The molecule has 2 N–H and O–H groups in total. The first-order chi connectivity index (χ1) is 15.0. The van der Waals surface area contributed by atoms with Crippen molar-refractivity contribution >= 4 is 21.9 Å². The molecule has 1 fully saturated rings. The first kappa shape index (κ1) is 20.8. The number of phenolic OH excluding ortho intramolecular Hbond substituents is 1. The van der Waals surface area contributed by atoms with Crippen LogP contribution in [0.2, 0.25) is 0 Å². The van der Waals surface area contributed by atoms with Crippen molar-refractivity contribution in [3.8, 4) is 17.0 Å². The van der Waals surface area contributed by atoms with Crippen molar-refractivity contribution in [1.29, 1.82) is 0 Å². The Bertz CT molecular complexity index is 1340. The number of piperidine rings is 1. The first-order valence-corrected chi connectivity index (χ1v) is 10.9. The number of hydrogen-bond donors (Lipinski definition) is 2. The molecule has 0 amide bonds. The number of phenols is 1. The summed E-state index contributed by atoms with van der Waals surface area (Å²) >= 11 is 0. The van der Waals surface area contributed by atoms with Gasteiger partial charge in [0.1, 0.15) is 11.9 Å². The van der Waals surface area contributed by atoms with E-state index in [1.807, 2.05) is 61.9 Å². The molecule has 0 bridgehead atoms. The van der Waals surface area contributed by atoms with Gasteiger partial charge in [-0.3, -0.25) is 4.98 Å². The van der Waals surface area contributed by atoms with Crippen LogP contribution in [0.4, 0.5) is 4.39 Å². The summed E-state index contributed by atoms with van der Waals surface area (Å²) in [4.78, 5) is 4.47. The minimum Gasteiger partial charge on any atom is -0.507 e. The zero-order chi connectivity index (χ0) is 22.8. The molecular weight excluding hydrogens is 405 g/mol. The lowest BCUT2D eigenvalue weighted by atomic mass is 9.78. The lowest BCUT2D eigenvalue weighted by Crippen LogP contribution is -2.64. The number of pyridine rings is 1. The molecule has 166 valence electrons. The van der Waals surface area contributed by atoms with E-state index in [0.29, 0.717) is 23.3 Å². The van der Waals surface area contributed by atoms with Crippen LogP contribution in [0.3, 0.4) is 0 Å². The summed E-state index contributed by atoms with van der Waals surface area (Å²) in [5.74, 6) is 0.106. The van der Waals surface area contributed by atoms with E-state index in [4.69, 9.17) is 0 Å². The average Bonchev–Trinajstić information content (AvgIpc) is 3.12. The number of aryl methyl sites for hydroxylation is 1. The number of aromatic nitrogens is 4. The van der Waals surface area contributed by atoms with Gasteiger partial charge in [-0.05, 0) is 65.3 Å². The smallest absolute Gasteiger partial charge is 0.162 e. The molecule has 0 saturated carbocycles. The Labute approximate surface area is 186 Å². The number of benzene rings is 1. The standard InChI is InChI=1S/C25H28FN5O/c1-14-6-7-15-10-17(21(32)12-18(15)27-14)19-11-16-8-9-31(23(16)29-28-19)20-13-24(2,3)30-25(4,5)22(20)26/h6-12,20,22,30,32H,13H2,1-5H3/t20-,22-/m0/s1. The summed E-state index contributed by atoms with van der Waals surface area (Å²) in [6, 6.07) is 10.9. The van der Waals surface area contributed by atoms with E-state index in [0.717, 1.165) is 22.0 Å². The molecule has 32 heavy (non-hydrogen) atoms. The molecular formula is C25H28FN5O. The molecule has 0 radical (unpaired) electrons.